The highest BCUT2D eigenvalue weighted by atomic mass is 15.3. The molecule has 19 heavy (non-hydrogen) atoms. The second kappa shape index (κ2) is 5.53. The summed E-state index contributed by atoms with van der Waals surface area (Å²) in [6.07, 6.45) is 1.84. The molecule has 0 radical (unpaired) electrons. The van der Waals surface area contributed by atoms with Crippen LogP contribution in [0.5, 0.6) is 0 Å². The number of pyridine rings is 1. The van der Waals surface area contributed by atoms with Crippen LogP contribution in [0.15, 0.2) is 18.3 Å². The van der Waals surface area contributed by atoms with Gasteiger partial charge in [-0.05, 0) is 39.3 Å². The van der Waals surface area contributed by atoms with Gasteiger partial charge in [-0.1, -0.05) is 6.07 Å². The summed E-state index contributed by atoms with van der Waals surface area (Å²) in [5, 5.41) is 8.00. The number of nitrogens with one attached hydrogen (secondary N) is 1. The Morgan fingerprint density at radius 2 is 2.05 bits per heavy atom. The fourth-order valence-electron chi connectivity index (χ4n) is 2.47. The predicted octanol–water partition coefficient (Wildman–Crippen LogP) is 2.59. The van der Waals surface area contributed by atoms with E-state index < -0.39 is 0 Å². The molecule has 0 bridgehead atoms. The molecular weight excluding hydrogens is 236 g/mol. The van der Waals surface area contributed by atoms with Crippen LogP contribution < -0.4 is 5.32 Å². The Balaban J connectivity index is 2.10. The molecule has 0 aliphatic carbocycles. The maximum absolute atomic E-state index is 4.47. The second-order valence-corrected chi connectivity index (χ2v) is 5.08. The number of aromatic nitrogens is 3. The molecule has 0 aliphatic rings. The lowest BCUT2D eigenvalue weighted by molar-refractivity contribution is 0.560. The number of rotatable bonds is 4. The van der Waals surface area contributed by atoms with Gasteiger partial charge in [0.1, 0.15) is 0 Å². The van der Waals surface area contributed by atoms with Crippen molar-refractivity contribution >= 4 is 0 Å². The fourth-order valence-corrected chi connectivity index (χ4v) is 2.47. The van der Waals surface area contributed by atoms with Crippen LogP contribution in [0.25, 0.3) is 0 Å². The lowest BCUT2D eigenvalue weighted by atomic mass is 10.1. The number of nitrogens with zero attached hydrogens (tertiary/aromatic N) is 3. The SMILES string of the molecule is Cc1cccnc1CNC(C)c1c(C)nn(C)c1C. The second-order valence-electron chi connectivity index (χ2n) is 5.08. The van der Waals surface area contributed by atoms with Gasteiger partial charge in [-0.15, -0.1) is 0 Å². The van der Waals surface area contributed by atoms with Gasteiger partial charge < -0.3 is 5.32 Å². The van der Waals surface area contributed by atoms with E-state index in [1.165, 1.54) is 16.8 Å². The maximum atomic E-state index is 4.47. The van der Waals surface area contributed by atoms with Crippen molar-refractivity contribution in [3.8, 4) is 0 Å². The highest BCUT2D eigenvalue weighted by molar-refractivity contribution is 5.28. The van der Waals surface area contributed by atoms with Crippen molar-refractivity contribution in [2.75, 3.05) is 0 Å². The largest absolute Gasteiger partial charge is 0.304 e. The average Bonchev–Trinajstić information content (AvgIpc) is 2.62. The number of aryl methyl sites for hydroxylation is 3. The van der Waals surface area contributed by atoms with Crippen molar-refractivity contribution < 1.29 is 0 Å². The first-order chi connectivity index (χ1) is 9.00. The van der Waals surface area contributed by atoms with Crippen molar-refractivity contribution in [1.29, 1.82) is 0 Å². The molecule has 0 aliphatic heterocycles. The van der Waals surface area contributed by atoms with Crippen molar-refractivity contribution in [1.82, 2.24) is 20.1 Å². The number of hydrogen-bond donors (Lipinski definition) is 1. The van der Waals surface area contributed by atoms with Crippen LogP contribution >= 0.6 is 0 Å². The summed E-state index contributed by atoms with van der Waals surface area (Å²) in [6, 6.07) is 4.34. The Morgan fingerprint density at radius 1 is 1.32 bits per heavy atom. The third-order valence-corrected chi connectivity index (χ3v) is 3.69. The Kier molecular flexibility index (Phi) is 4.00. The van der Waals surface area contributed by atoms with Crippen LogP contribution in [0, 0.1) is 20.8 Å². The quantitative estimate of drug-likeness (QED) is 0.916. The van der Waals surface area contributed by atoms with Gasteiger partial charge in [-0.25, -0.2) is 0 Å². The molecule has 2 rings (SSSR count). The highest BCUT2D eigenvalue weighted by Gasteiger charge is 2.16. The summed E-state index contributed by atoms with van der Waals surface area (Å²) in [5.41, 5.74) is 5.93. The Morgan fingerprint density at radius 3 is 2.63 bits per heavy atom. The maximum Gasteiger partial charge on any atom is 0.0644 e. The van der Waals surface area contributed by atoms with Gasteiger partial charge in [0, 0.05) is 37.1 Å². The van der Waals surface area contributed by atoms with Crippen molar-refractivity contribution in [3.63, 3.8) is 0 Å². The normalized spacial score (nSPS) is 12.7. The minimum absolute atomic E-state index is 0.273. The number of hydrogen-bond acceptors (Lipinski definition) is 3. The van der Waals surface area contributed by atoms with E-state index >= 15 is 0 Å². The zero-order valence-electron chi connectivity index (χ0n) is 12.4. The summed E-state index contributed by atoms with van der Waals surface area (Å²) in [7, 11) is 1.99. The topological polar surface area (TPSA) is 42.7 Å². The summed E-state index contributed by atoms with van der Waals surface area (Å²) < 4.78 is 1.94. The molecule has 2 aromatic rings. The van der Waals surface area contributed by atoms with Crippen molar-refractivity contribution in [2.24, 2.45) is 7.05 Å². The van der Waals surface area contributed by atoms with E-state index in [1.54, 1.807) is 0 Å². The monoisotopic (exact) mass is 258 g/mol. The molecule has 4 nitrogen and oxygen atoms in total. The lowest BCUT2D eigenvalue weighted by Crippen LogP contribution is -2.20. The Bertz CT molecular complexity index is 572. The van der Waals surface area contributed by atoms with E-state index in [2.05, 4.69) is 49.2 Å². The minimum atomic E-state index is 0.273. The molecule has 0 spiro atoms. The molecule has 0 saturated carbocycles. The molecule has 1 unspecified atom stereocenters. The first-order valence-corrected chi connectivity index (χ1v) is 6.64. The van der Waals surface area contributed by atoms with Crippen LogP contribution in [-0.4, -0.2) is 14.8 Å². The molecular formula is C15H22N4. The van der Waals surface area contributed by atoms with E-state index in [0.29, 0.717) is 0 Å². The van der Waals surface area contributed by atoms with E-state index in [-0.39, 0.29) is 6.04 Å². The summed E-state index contributed by atoms with van der Waals surface area (Å²) in [4.78, 5) is 4.41. The zero-order valence-corrected chi connectivity index (χ0v) is 12.4. The van der Waals surface area contributed by atoms with Gasteiger partial charge >= 0.3 is 0 Å². The van der Waals surface area contributed by atoms with Crippen LogP contribution in [0.1, 0.15) is 41.2 Å². The van der Waals surface area contributed by atoms with E-state index in [1.807, 2.05) is 24.0 Å². The molecule has 4 heteroatoms. The highest BCUT2D eigenvalue weighted by Crippen LogP contribution is 2.21. The van der Waals surface area contributed by atoms with E-state index in [4.69, 9.17) is 0 Å². The predicted molar refractivity (Wildman–Crippen MR) is 76.9 cm³/mol. The zero-order chi connectivity index (χ0) is 14.0. The van der Waals surface area contributed by atoms with Crippen molar-refractivity contribution in [2.45, 2.75) is 40.3 Å². The van der Waals surface area contributed by atoms with Gasteiger partial charge in [-0.2, -0.15) is 5.10 Å². The van der Waals surface area contributed by atoms with Gasteiger partial charge in [0.15, 0.2) is 0 Å². The van der Waals surface area contributed by atoms with E-state index in [9.17, 15) is 0 Å². The molecule has 1 atom stereocenters. The van der Waals surface area contributed by atoms with Gasteiger partial charge in [0.05, 0.1) is 11.4 Å². The van der Waals surface area contributed by atoms with Gasteiger partial charge in [-0.3, -0.25) is 9.67 Å². The molecule has 1 N–H and O–H groups in total. The molecule has 2 heterocycles. The van der Waals surface area contributed by atoms with Crippen LogP contribution in [0.2, 0.25) is 0 Å². The molecule has 0 aromatic carbocycles. The summed E-state index contributed by atoms with van der Waals surface area (Å²) in [6.45, 7) is 9.22. The minimum Gasteiger partial charge on any atom is -0.304 e. The first kappa shape index (κ1) is 13.7. The Labute approximate surface area is 114 Å². The molecule has 0 saturated heterocycles. The first-order valence-electron chi connectivity index (χ1n) is 6.64. The Hall–Kier alpha value is -1.68. The van der Waals surface area contributed by atoms with Crippen molar-refractivity contribution in [3.05, 3.63) is 46.5 Å². The third-order valence-electron chi connectivity index (χ3n) is 3.69. The standard InChI is InChI=1S/C15H22N4/c1-10-7-6-8-16-14(10)9-17-11(2)15-12(3)18-19(5)13(15)4/h6-8,11,17H,9H2,1-5H3. The summed E-state index contributed by atoms with van der Waals surface area (Å²) in [5.74, 6) is 0. The lowest BCUT2D eigenvalue weighted by Gasteiger charge is -2.15. The van der Waals surface area contributed by atoms with Crippen LogP contribution in [-0.2, 0) is 13.6 Å². The summed E-state index contributed by atoms with van der Waals surface area (Å²) >= 11 is 0. The van der Waals surface area contributed by atoms with Gasteiger partial charge in [0.2, 0.25) is 0 Å². The molecule has 0 amide bonds. The smallest absolute Gasteiger partial charge is 0.0644 e. The fraction of sp³-hybridized carbons (Fsp3) is 0.467. The molecule has 0 fully saturated rings. The van der Waals surface area contributed by atoms with Crippen LogP contribution in [0.4, 0.5) is 0 Å². The van der Waals surface area contributed by atoms with Crippen LogP contribution in [0.3, 0.4) is 0 Å². The molecule has 2 aromatic heterocycles. The van der Waals surface area contributed by atoms with E-state index in [0.717, 1.165) is 17.9 Å². The average molecular weight is 258 g/mol. The van der Waals surface area contributed by atoms with Gasteiger partial charge in [0.25, 0.3) is 0 Å². The third kappa shape index (κ3) is 2.84. The molecule has 102 valence electrons.